The van der Waals surface area contributed by atoms with E-state index in [-0.39, 0.29) is 12.4 Å². The maximum atomic E-state index is 5.70. The molecular weight excluding hydrogens is 249 g/mol. The molecule has 0 aliphatic carbocycles. The number of hydrogen-bond acceptors (Lipinski definition) is 2. The van der Waals surface area contributed by atoms with E-state index >= 15 is 0 Å². The van der Waals surface area contributed by atoms with E-state index in [2.05, 4.69) is 30.1 Å². The van der Waals surface area contributed by atoms with Crippen LogP contribution in [0, 0.1) is 6.92 Å². The van der Waals surface area contributed by atoms with E-state index in [4.69, 9.17) is 11.6 Å². The molecule has 0 fully saturated rings. The van der Waals surface area contributed by atoms with E-state index in [9.17, 15) is 0 Å². The first kappa shape index (κ1) is 12.5. The Labute approximate surface area is 105 Å². The van der Waals surface area contributed by atoms with Crippen molar-refractivity contribution in [2.24, 2.45) is 0 Å². The topological polar surface area (TPSA) is 12.9 Å². The average molecular weight is 260 g/mol. The summed E-state index contributed by atoms with van der Waals surface area (Å²) in [5.41, 5.74) is 3.38. The minimum atomic E-state index is 0. The number of hydrogen-bond donors (Lipinski definition) is 0. The molecule has 0 aliphatic heterocycles. The minimum absolute atomic E-state index is 0. The molecule has 0 amide bonds. The molecule has 0 spiro atoms. The molecule has 1 nitrogen and oxygen atoms in total. The minimum Gasteiger partial charge on any atom is -0.240 e. The van der Waals surface area contributed by atoms with E-state index in [0.29, 0.717) is 5.88 Å². The van der Waals surface area contributed by atoms with Crippen LogP contribution >= 0.6 is 35.3 Å². The van der Waals surface area contributed by atoms with Crippen LogP contribution in [-0.4, -0.2) is 4.98 Å². The standard InChI is InChI=1S/C11H10ClNS.ClH/c1-8-3-2-4-9(5-8)11-13-10(6-12)7-14-11;/h2-5,7H,6H2,1H3;1H. The number of aryl methyl sites for hydroxylation is 1. The van der Waals surface area contributed by atoms with Crippen molar-refractivity contribution in [3.8, 4) is 10.6 Å². The highest BCUT2D eigenvalue weighted by atomic mass is 35.5. The van der Waals surface area contributed by atoms with E-state index in [0.717, 1.165) is 10.7 Å². The third-order valence-corrected chi connectivity index (χ3v) is 3.17. The molecule has 0 N–H and O–H groups in total. The van der Waals surface area contributed by atoms with Crippen LogP contribution in [0.3, 0.4) is 0 Å². The van der Waals surface area contributed by atoms with Crippen LogP contribution in [0.15, 0.2) is 29.6 Å². The Morgan fingerprint density at radius 1 is 1.40 bits per heavy atom. The number of aromatic nitrogens is 1. The monoisotopic (exact) mass is 259 g/mol. The summed E-state index contributed by atoms with van der Waals surface area (Å²) in [6, 6.07) is 8.34. The molecule has 2 aromatic rings. The van der Waals surface area contributed by atoms with Gasteiger partial charge < -0.3 is 0 Å². The van der Waals surface area contributed by atoms with Crippen LogP contribution in [0.5, 0.6) is 0 Å². The van der Waals surface area contributed by atoms with Gasteiger partial charge in [-0.1, -0.05) is 23.8 Å². The van der Waals surface area contributed by atoms with Gasteiger partial charge in [-0.25, -0.2) is 4.98 Å². The van der Waals surface area contributed by atoms with Crippen molar-refractivity contribution in [1.29, 1.82) is 0 Å². The van der Waals surface area contributed by atoms with E-state index in [1.54, 1.807) is 11.3 Å². The molecule has 0 saturated carbocycles. The summed E-state index contributed by atoms with van der Waals surface area (Å²) in [6.45, 7) is 2.08. The highest BCUT2D eigenvalue weighted by Gasteiger charge is 2.03. The quantitative estimate of drug-likeness (QED) is 0.734. The summed E-state index contributed by atoms with van der Waals surface area (Å²) in [7, 11) is 0. The molecule has 0 aliphatic rings. The van der Waals surface area contributed by atoms with E-state index in [1.165, 1.54) is 11.1 Å². The molecule has 0 radical (unpaired) electrons. The number of rotatable bonds is 2. The highest BCUT2D eigenvalue weighted by molar-refractivity contribution is 7.13. The van der Waals surface area contributed by atoms with Gasteiger partial charge in [0.2, 0.25) is 0 Å². The number of benzene rings is 1. The fourth-order valence-electron chi connectivity index (χ4n) is 1.28. The van der Waals surface area contributed by atoms with Gasteiger partial charge in [0, 0.05) is 10.9 Å². The lowest BCUT2D eigenvalue weighted by Crippen LogP contribution is -1.80. The van der Waals surface area contributed by atoms with Gasteiger partial charge in [0.1, 0.15) is 5.01 Å². The Bertz CT molecular complexity index is 440. The summed E-state index contributed by atoms with van der Waals surface area (Å²) in [6.07, 6.45) is 0. The van der Waals surface area contributed by atoms with E-state index in [1.807, 2.05) is 11.4 Å². The lowest BCUT2D eigenvalue weighted by atomic mass is 10.1. The molecule has 1 heterocycles. The molecule has 0 unspecified atom stereocenters. The second-order valence-electron chi connectivity index (χ2n) is 3.15. The predicted molar refractivity (Wildman–Crippen MR) is 69.1 cm³/mol. The van der Waals surface area contributed by atoms with Gasteiger partial charge in [-0.2, -0.15) is 0 Å². The lowest BCUT2D eigenvalue weighted by molar-refractivity contribution is 1.23. The van der Waals surface area contributed by atoms with Crippen molar-refractivity contribution < 1.29 is 0 Å². The van der Waals surface area contributed by atoms with Crippen molar-refractivity contribution in [3.63, 3.8) is 0 Å². The van der Waals surface area contributed by atoms with Crippen LogP contribution in [0.25, 0.3) is 10.6 Å². The fourth-order valence-corrected chi connectivity index (χ4v) is 2.32. The molecule has 0 bridgehead atoms. The summed E-state index contributed by atoms with van der Waals surface area (Å²) in [4.78, 5) is 4.43. The van der Waals surface area contributed by atoms with Gasteiger partial charge in [-0.05, 0) is 13.0 Å². The van der Waals surface area contributed by atoms with Crippen LogP contribution in [0.2, 0.25) is 0 Å². The molecule has 0 atom stereocenters. The smallest absolute Gasteiger partial charge is 0.123 e. The van der Waals surface area contributed by atoms with E-state index < -0.39 is 0 Å². The van der Waals surface area contributed by atoms with Gasteiger partial charge in [0.25, 0.3) is 0 Å². The van der Waals surface area contributed by atoms with Crippen molar-refractivity contribution in [2.45, 2.75) is 12.8 Å². The second kappa shape index (κ2) is 5.50. The highest BCUT2D eigenvalue weighted by Crippen LogP contribution is 2.24. The average Bonchev–Trinajstić information content (AvgIpc) is 2.66. The van der Waals surface area contributed by atoms with Crippen LogP contribution in [0.4, 0.5) is 0 Å². The van der Waals surface area contributed by atoms with Crippen molar-refractivity contribution in [1.82, 2.24) is 4.98 Å². The summed E-state index contributed by atoms with van der Waals surface area (Å²) in [5.74, 6) is 0.488. The van der Waals surface area contributed by atoms with Gasteiger partial charge in [0.15, 0.2) is 0 Å². The summed E-state index contributed by atoms with van der Waals surface area (Å²) < 4.78 is 0. The third-order valence-electron chi connectivity index (χ3n) is 1.95. The van der Waals surface area contributed by atoms with Crippen molar-refractivity contribution in [3.05, 3.63) is 40.9 Å². The normalized spacial score (nSPS) is 9.73. The molecule has 4 heteroatoms. The molecule has 1 aromatic heterocycles. The number of alkyl halides is 1. The first-order chi connectivity index (χ1) is 6.79. The van der Waals surface area contributed by atoms with Gasteiger partial charge in [0.05, 0.1) is 11.6 Å². The first-order valence-electron chi connectivity index (χ1n) is 4.37. The zero-order chi connectivity index (χ0) is 9.97. The largest absolute Gasteiger partial charge is 0.240 e. The van der Waals surface area contributed by atoms with Crippen molar-refractivity contribution >= 4 is 35.3 Å². The predicted octanol–water partition coefficient (Wildman–Crippen LogP) is 4.28. The number of halogens is 2. The Kier molecular flexibility index (Phi) is 4.58. The van der Waals surface area contributed by atoms with Gasteiger partial charge in [-0.3, -0.25) is 0 Å². The van der Waals surface area contributed by atoms with Crippen LogP contribution in [-0.2, 0) is 5.88 Å². The maximum absolute atomic E-state index is 5.70. The first-order valence-corrected chi connectivity index (χ1v) is 5.78. The van der Waals surface area contributed by atoms with Gasteiger partial charge >= 0.3 is 0 Å². The van der Waals surface area contributed by atoms with Crippen LogP contribution in [0.1, 0.15) is 11.3 Å². The Hall–Kier alpha value is -0.570. The Morgan fingerprint density at radius 2 is 2.20 bits per heavy atom. The fraction of sp³-hybridized carbons (Fsp3) is 0.182. The maximum Gasteiger partial charge on any atom is 0.123 e. The molecule has 0 saturated heterocycles. The van der Waals surface area contributed by atoms with Crippen LogP contribution < -0.4 is 0 Å². The molecule has 80 valence electrons. The molecule has 2 rings (SSSR count). The van der Waals surface area contributed by atoms with Gasteiger partial charge in [-0.15, -0.1) is 35.3 Å². The summed E-state index contributed by atoms with van der Waals surface area (Å²) >= 11 is 7.34. The number of thiazole rings is 1. The second-order valence-corrected chi connectivity index (χ2v) is 4.27. The Balaban J connectivity index is 0.00000112. The third kappa shape index (κ3) is 2.94. The zero-order valence-corrected chi connectivity index (χ0v) is 10.6. The number of nitrogens with zero attached hydrogens (tertiary/aromatic N) is 1. The zero-order valence-electron chi connectivity index (χ0n) is 8.24. The molecule has 1 aromatic carbocycles. The SMILES string of the molecule is Cc1cccc(-c2nc(CCl)cs2)c1.Cl. The molecule has 15 heavy (non-hydrogen) atoms. The molecular formula is C11H11Cl2NS. The Morgan fingerprint density at radius 3 is 2.80 bits per heavy atom. The van der Waals surface area contributed by atoms with Crippen molar-refractivity contribution in [2.75, 3.05) is 0 Å². The lowest BCUT2D eigenvalue weighted by Gasteiger charge is -1.96. The summed E-state index contributed by atoms with van der Waals surface area (Å²) in [5, 5.41) is 3.05.